The lowest BCUT2D eigenvalue weighted by molar-refractivity contribution is 0.516. The van der Waals surface area contributed by atoms with Crippen LogP contribution in [0.5, 0.6) is 0 Å². The molecule has 0 aliphatic heterocycles. The van der Waals surface area contributed by atoms with Crippen molar-refractivity contribution in [2.75, 3.05) is 7.05 Å². The second-order valence-corrected chi connectivity index (χ2v) is 6.37. The van der Waals surface area contributed by atoms with Crippen LogP contribution in [-0.2, 0) is 6.54 Å². The summed E-state index contributed by atoms with van der Waals surface area (Å²) in [5.41, 5.74) is 1.26. The van der Waals surface area contributed by atoms with Gasteiger partial charge in [-0.3, -0.25) is 0 Å². The summed E-state index contributed by atoms with van der Waals surface area (Å²) in [4.78, 5) is 1.36. The average molecular weight is 270 g/mol. The van der Waals surface area contributed by atoms with Crippen molar-refractivity contribution in [1.82, 2.24) is 5.32 Å². The van der Waals surface area contributed by atoms with Crippen molar-refractivity contribution >= 4 is 23.4 Å². The molecule has 0 amide bonds. The van der Waals surface area contributed by atoms with Crippen LogP contribution in [0.25, 0.3) is 0 Å². The van der Waals surface area contributed by atoms with Crippen LogP contribution in [0.15, 0.2) is 23.1 Å². The van der Waals surface area contributed by atoms with Crippen molar-refractivity contribution in [3.8, 4) is 0 Å². The third-order valence-corrected chi connectivity index (χ3v) is 5.07. The van der Waals surface area contributed by atoms with E-state index in [-0.39, 0.29) is 0 Å². The van der Waals surface area contributed by atoms with E-state index in [1.165, 1.54) is 42.6 Å². The standard InChI is InChI=1S/C14H20ClNS/c1-16-10-12-13(15)8-5-9-14(12)17-11-6-3-2-4-7-11/h5,8-9,11,16H,2-4,6-7,10H2,1H3. The lowest BCUT2D eigenvalue weighted by Crippen LogP contribution is -2.10. The maximum absolute atomic E-state index is 6.27. The third-order valence-electron chi connectivity index (χ3n) is 3.28. The Kier molecular flexibility index (Phi) is 5.20. The lowest BCUT2D eigenvalue weighted by atomic mass is 10.0. The molecule has 0 radical (unpaired) electrons. The molecule has 3 heteroatoms. The molecule has 0 atom stereocenters. The molecule has 1 fully saturated rings. The molecule has 0 saturated heterocycles. The normalized spacial score (nSPS) is 17.3. The first kappa shape index (κ1) is 13.3. The second-order valence-electron chi connectivity index (χ2n) is 4.62. The highest BCUT2D eigenvalue weighted by Gasteiger charge is 2.16. The van der Waals surface area contributed by atoms with E-state index in [9.17, 15) is 0 Å². The molecule has 2 rings (SSSR count). The molecule has 1 saturated carbocycles. The molecule has 0 spiro atoms. The first-order valence-corrected chi connectivity index (χ1v) is 7.65. The molecule has 0 heterocycles. The Balaban J connectivity index is 2.10. The van der Waals surface area contributed by atoms with E-state index in [0.29, 0.717) is 0 Å². The van der Waals surface area contributed by atoms with Crippen LogP contribution in [0.1, 0.15) is 37.7 Å². The van der Waals surface area contributed by atoms with Gasteiger partial charge in [-0.05, 0) is 37.6 Å². The van der Waals surface area contributed by atoms with Gasteiger partial charge in [-0.15, -0.1) is 11.8 Å². The highest BCUT2D eigenvalue weighted by Crippen LogP contribution is 2.37. The zero-order valence-electron chi connectivity index (χ0n) is 10.3. The van der Waals surface area contributed by atoms with Gasteiger partial charge < -0.3 is 5.32 Å². The summed E-state index contributed by atoms with van der Waals surface area (Å²) in [5, 5.41) is 4.88. The van der Waals surface area contributed by atoms with Gasteiger partial charge in [0, 0.05) is 21.7 Å². The summed E-state index contributed by atoms with van der Waals surface area (Å²) in [6.45, 7) is 0.856. The van der Waals surface area contributed by atoms with Gasteiger partial charge in [-0.2, -0.15) is 0 Å². The Morgan fingerprint density at radius 1 is 1.29 bits per heavy atom. The van der Waals surface area contributed by atoms with Gasteiger partial charge in [0.25, 0.3) is 0 Å². The molecule has 17 heavy (non-hydrogen) atoms. The summed E-state index contributed by atoms with van der Waals surface area (Å²) in [7, 11) is 1.97. The molecular weight excluding hydrogens is 250 g/mol. The Bertz CT molecular complexity index is 361. The van der Waals surface area contributed by atoms with Crippen molar-refractivity contribution in [2.24, 2.45) is 0 Å². The largest absolute Gasteiger partial charge is 0.316 e. The zero-order chi connectivity index (χ0) is 12.1. The fourth-order valence-electron chi connectivity index (χ4n) is 2.36. The average Bonchev–Trinajstić information content (AvgIpc) is 2.35. The Morgan fingerprint density at radius 3 is 2.76 bits per heavy atom. The summed E-state index contributed by atoms with van der Waals surface area (Å²) in [6, 6.07) is 6.25. The Morgan fingerprint density at radius 2 is 2.06 bits per heavy atom. The number of hydrogen-bond donors (Lipinski definition) is 1. The van der Waals surface area contributed by atoms with Gasteiger partial charge in [-0.25, -0.2) is 0 Å². The topological polar surface area (TPSA) is 12.0 Å². The Hall–Kier alpha value is -0.180. The lowest BCUT2D eigenvalue weighted by Gasteiger charge is -2.22. The van der Waals surface area contributed by atoms with Gasteiger partial charge in [0.2, 0.25) is 0 Å². The summed E-state index contributed by atoms with van der Waals surface area (Å²) < 4.78 is 0. The van der Waals surface area contributed by atoms with Crippen LogP contribution in [0.4, 0.5) is 0 Å². The fourth-order valence-corrected chi connectivity index (χ4v) is 4.07. The molecule has 1 aliphatic rings. The highest BCUT2D eigenvalue weighted by atomic mass is 35.5. The van der Waals surface area contributed by atoms with Crippen LogP contribution in [0, 0.1) is 0 Å². The predicted molar refractivity (Wildman–Crippen MR) is 76.9 cm³/mol. The van der Waals surface area contributed by atoms with Crippen LogP contribution in [0.2, 0.25) is 5.02 Å². The van der Waals surface area contributed by atoms with E-state index in [2.05, 4.69) is 17.4 Å². The molecule has 0 aromatic heterocycles. The first-order chi connectivity index (χ1) is 8.31. The Labute approximate surface area is 113 Å². The second kappa shape index (κ2) is 6.67. The molecule has 0 bridgehead atoms. The van der Waals surface area contributed by atoms with Gasteiger partial charge in [0.15, 0.2) is 0 Å². The van der Waals surface area contributed by atoms with E-state index in [1.807, 2.05) is 24.9 Å². The maximum atomic E-state index is 6.27. The van der Waals surface area contributed by atoms with Crippen molar-refractivity contribution in [2.45, 2.75) is 48.8 Å². The number of hydrogen-bond acceptors (Lipinski definition) is 2. The van der Waals surface area contributed by atoms with Gasteiger partial charge >= 0.3 is 0 Å². The molecule has 1 aromatic carbocycles. The molecule has 1 aliphatic carbocycles. The van der Waals surface area contributed by atoms with Gasteiger partial charge in [0.1, 0.15) is 0 Å². The van der Waals surface area contributed by atoms with Crippen LogP contribution in [-0.4, -0.2) is 12.3 Å². The van der Waals surface area contributed by atoms with Gasteiger partial charge in [0.05, 0.1) is 0 Å². The molecule has 1 nitrogen and oxygen atoms in total. The number of thioether (sulfide) groups is 1. The molecule has 0 unspecified atom stereocenters. The number of halogens is 1. The van der Waals surface area contributed by atoms with Crippen LogP contribution < -0.4 is 5.32 Å². The minimum Gasteiger partial charge on any atom is -0.316 e. The van der Waals surface area contributed by atoms with E-state index in [0.717, 1.165) is 16.8 Å². The number of nitrogens with one attached hydrogen (secondary N) is 1. The van der Waals surface area contributed by atoms with Crippen molar-refractivity contribution < 1.29 is 0 Å². The zero-order valence-corrected chi connectivity index (χ0v) is 11.9. The SMILES string of the molecule is CNCc1c(Cl)cccc1SC1CCCCC1. The monoisotopic (exact) mass is 269 g/mol. The summed E-state index contributed by atoms with van der Waals surface area (Å²) >= 11 is 8.29. The third kappa shape index (κ3) is 3.64. The predicted octanol–water partition coefficient (Wildman–Crippen LogP) is 4.48. The summed E-state index contributed by atoms with van der Waals surface area (Å²) in [5.74, 6) is 0. The minimum atomic E-state index is 0.790. The van der Waals surface area contributed by atoms with Crippen molar-refractivity contribution in [3.63, 3.8) is 0 Å². The smallest absolute Gasteiger partial charge is 0.0462 e. The highest BCUT2D eigenvalue weighted by molar-refractivity contribution is 8.00. The van der Waals surface area contributed by atoms with E-state index >= 15 is 0 Å². The van der Waals surface area contributed by atoms with E-state index in [1.54, 1.807) is 0 Å². The summed E-state index contributed by atoms with van der Waals surface area (Å²) in [6.07, 6.45) is 6.90. The minimum absolute atomic E-state index is 0.790. The van der Waals surface area contributed by atoms with E-state index in [4.69, 9.17) is 11.6 Å². The molecule has 1 aromatic rings. The van der Waals surface area contributed by atoms with Crippen LogP contribution >= 0.6 is 23.4 Å². The van der Waals surface area contributed by atoms with Gasteiger partial charge in [-0.1, -0.05) is 36.9 Å². The first-order valence-electron chi connectivity index (χ1n) is 6.40. The molecular formula is C14H20ClNS. The molecule has 1 N–H and O–H groups in total. The number of rotatable bonds is 4. The quantitative estimate of drug-likeness (QED) is 0.865. The number of benzene rings is 1. The van der Waals surface area contributed by atoms with E-state index < -0.39 is 0 Å². The van der Waals surface area contributed by atoms with Crippen LogP contribution in [0.3, 0.4) is 0 Å². The maximum Gasteiger partial charge on any atom is 0.0462 e. The molecule has 94 valence electrons. The van der Waals surface area contributed by atoms with Crippen molar-refractivity contribution in [1.29, 1.82) is 0 Å². The van der Waals surface area contributed by atoms with Crippen molar-refractivity contribution in [3.05, 3.63) is 28.8 Å². The fraction of sp³-hybridized carbons (Fsp3) is 0.571.